The van der Waals surface area contributed by atoms with Gasteiger partial charge in [0.15, 0.2) is 0 Å². The number of carbonyl (C=O) groups is 2. The standard InChI is InChI=1S/C17H25N3O3.ClH/c1-2-4-15(21)19-13-5-3-6-14(11-13)20-16(22)17(12-18)7-9-23-10-8-17;/h3,5-6,11H,2,4,7-10,12,18H2,1H3,(H,19,21)(H,20,22);1H. The van der Waals surface area contributed by atoms with Crippen molar-refractivity contribution in [1.82, 2.24) is 0 Å². The number of nitrogens with one attached hydrogen (secondary N) is 2. The largest absolute Gasteiger partial charge is 0.381 e. The summed E-state index contributed by atoms with van der Waals surface area (Å²) in [4.78, 5) is 24.3. The van der Waals surface area contributed by atoms with Crippen LogP contribution in [0, 0.1) is 5.41 Å². The molecule has 1 aliphatic heterocycles. The fourth-order valence-corrected chi connectivity index (χ4v) is 2.67. The van der Waals surface area contributed by atoms with Crippen molar-refractivity contribution in [2.45, 2.75) is 32.6 Å². The molecule has 0 unspecified atom stereocenters. The summed E-state index contributed by atoms with van der Waals surface area (Å²) < 4.78 is 5.33. The Morgan fingerprint density at radius 3 is 2.42 bits per heavy atom. The number of ether oxygens (including phenoxy) is 1. The molecule has 0 spiro atoms. The van der Waals surface area contributed by atoms with Crippen molar-refractivity contribution < 1.29 is 14.3 Å². The van der Waals surface area contributed by atoms with Gasteiger partial charge in [-0.05, 0) is 37.5 Å². The summed E-state index contributed by atoms with van der Waals surface area (Å²) in [6, 6.07) is 7.17. The van der Waals surface area contributed by atoms with Gasteiger partial charge in [-0.15, -0.1) is 12.4 Å². The van der Waals surface area contributed by atoms with Gasteiger partial charge in [-0.1, -0.05) is 13.0 Å². The number of nitrogens with two attached hydrogens (primary N) is 1. The molecule has 134 valence electrons. The number of hydrogen-bond acceptors (Lipinski definition) is 4. The molecule has 24 heavy (non-hydrogen) atoms. The molecule has 0 atom stereocenters. The maximum atomic E-state index is 12.6. The van der Waals surface area contributed by atoms with Gasteiger partial charge in [0.2, 0.25) is 11.8 Å². The molecule has 0 radical (unpaired) electrons. The number of benzene rings is 1. The van der Waals surface area contributed by atoms with E-state index in [1.54, 1.807) is 24.3 Å². The molecule has 4 N–H and O–H groups in total. The third-order valence-corrected chi connectivity index (χ3v) is 4.20. The van der Waals surface area contributed by atoms with Crippen LogP contribution in [0.4, 0.5) is 11.4 Å². The van der Waals surface area contributed by atoms with E-state index in [1.165, 1.54) is 0 Å². The van der Waals surface area contributed by atoms with Crippen molar-refractivity contribution in [3.05, 3.63) is 24.3 Å². The lowest BCUT2D eigenvalue weighted by atomic mass is 9.79. The fourth-order valence-electron chi connectivity index (χ4n) is 2.67. The lowest BCUT2D eigenvalue weighted by Gasteiger charge is -2.34. The summed E-state index contributed by atoms with van der Waals surface area (Å²) in [5, 5.41) is 5.75. The van der Waals surface area contributed by atoms with Gasteiger partial charge < -0.3 is 21.1 Å². The Hall–Kier alpha value is -1.63. The molecular weight excluding hydrogens is 330 g/mol. The van der Waals surface area contributed by atoms with E-state index in [2.05, 4.69) is 10.6 Å². The molecule has 1 fully saturated rings. The first-order valence-corrected chi connectivity index (χ1v) is 8.09. The van der Waals surface area contributed by atoms with Gasteiger partial charge in [-0.3, -0.25) is 9.59 Å². The van der Waals surface area contributed by atoms with Crippen LogP contribution >= 0.6 is 12.4 Å². The third kappa shape index (κ3) is 5.19. The van der Waals surface area contributed by atoms with Gasteiger partial charge in [-0.25, -0.2) is 0 Å². The second kappa shape index (κ2) is 9.61. The first-order valence-electron chi connectivity index (χ1n) is 8.09. The van der Waals surface area contributed by atoms with E-state index in [0.717, 1.165) is 6.42 Å². The predicted octanol–water partition coefficient (Wildman–Crippen LogP) is 2.54. The van der Waals surface area contributed by atoms with Crippen LogP contribution < -0.4 is 16.4 Å². The number of halogens is 1. The maximum absolute atomic E-state index is 12.6. The van der Waals surface area contributed by atoms with Gasteiger partial charge >= 0.3 is 0 Å². The Labute approximate surface area is 148 Å². The lowest BCUT2D eigenvalue weighted by molar-refractivity contribution is -0.130. The van der Waals surface area contributed by atoms with Crippen LogP contribution in [0.15, 0.2) is 24.3 Å². The van der Waals surface area contributed by atoms with Crippen molar-refractivity contribution in [3.63, 3.8) is 0 Å². The molecule has 2 rings (SSSR count). The first kappa shape index (κ1) is 20.4. The molecule has 0 aliphatic carbocycles. The minimum absolute atomic E-state index is 0. The summed E-state index contributed by atoms with van der Waals surface area (Å²) in [7, 11) is 0. The van der Waals surface area contributed by atoms with Gasteiger partial charge in [0.25, 0.3) is 0 Å². The van der Waals surface area contributed by atoms with E-state index in [-0.39, 0.29) is 24.2 Å². The van der Waals surface area contributed by atoms with E-state index in [9.17, 15) is 9.59 Å². The predicted molar refractivity (Wildman–Crippen MR) is 97.4 cm³/mol. The Kier molecular flexibility index (Phi) is 8.18. The zero-order chi connectivity index (χ0) is 16.7. The van der Waals surface area contributed by atoms with Crippen molar-refractivity contribution in [2.75, 3.05) is 30.4 Å². The SMILES string of the molecule is CCCC(=O)Nc1cccc(NC(=O)C2(CN)CCOCC2)c1.Cl. The first-order chi connectivity index (χ1) is 11.1. The number of amides is 2. The zero-order valence-corrected chi connectivity index (χ0v) is 14.8. The van der Waals surface area contributed by atoms with Crippen LogP contribution in [-0.4, -0.2) is 31.6 Å². The highest BCUT2D eigenvalue weighted by atomic mass is 35.5. The maximum Gasteiger partial charge on any atom is 0.232 e. The average molecular weight is 356 g/mol. The Balaban J connectivity index is 0.00000288. The molecule has 1 saturated heterocycles. The third-order valence-electron chi connectivity index (χ3n) is 4.20. The summed E-state index contributed by atoms with van der Waals surface area (Å²) in [5.74, 6) is -0.112. The molecular formula is C17H26ClN3O3. The molecule has 1 aliphatic rings. The van der Waals surface area contributed by atoms with Crippen molar-refractivity contribution in [1.29, 1.82) is 0 Å². The number of carbonyl (C=O) groups excluding carboxylic acids is 2. The monoisotopic (exact) mass is 355 g/mol. The van der Waals surface area contributed by atoms with Crippen LogP contribution in [0.2, 0.25) is 0 Å². The summed E-state index contributed by atoms with van der Waals surface area (Å²) in [6.45, 7) is 3.36. The zero-order valence-electron chi connectivity index (χ0n) is 14.0. The van der Waals surface area contributed by atoms with Crippen LogP contribution in [-0.2, 0) is 14.3 Å². The molecule has 0 bridgehead atoms. The van der Waals surface area contributed by atoms with Crippen LogP contribution in [0.1, 0.15) is 32.6 Å². The smallest absolute Gasteiger partial charge is 0.232 e. The van der Waals surface area contributed by atoms with Crippen molar-refractivity contribution in [3.8, 4) is 0 Å². The summed E-state index contributed by atoms with van der Waals surface area (Å²) in [5.41, 5.74) is 6.61. The summed E-state index contributed by atoms with van der Waals surface area (Å²) in [6.07, 6.45) is 2.53. The van der Waals surface area contributed by atoms with Gasteiger partial charge in [-0.2, -0.15) is 0 Å². The van der Waals surface area contributed by atoms with Crippen LogP contribution in [0.3, 0.4) is 0 Å². The summed E-state index contributed by atoms with van der Waals surface area (Å²) >= 11 is 0. The van der Waals surface area contributed by atoms with E-state index < -0.39 is 5.41 Å². The highest BCUT2D eigenvalue weighted by molar-refractivity contribution is 5.97. The molecule has 0 aromatic heterocycles. The van der Waals surface area contributed by atoms with Gasteiger partial charge in [0.05, 0.1) is 5.41 Å². The fraction of sp³-hybridized carbons (Fsp3) is 0.529. The minimum atomic E-state index is -0.570. The number of anilines is 2. The van der Waals surface area contributed by atoms with Gasteiger partial charge in [0, 0.05) is 37.6 Å². The lowest BCUT2D eigenvalue weighted by Crippen LogP contribution is -2.46. The Morgan fingerprint density at radius 1 is 1.21 bits per heavy atom. The molecule has 7 heteroatoms. The van der Waals surface area contributed by atoms with E-state index in [1.807, 2.05) is 6.92 Å². The minimum Gasteiger partial charge on any atom is -0.381 e. The topological polar surface area (TPSA) is 93.5 Å². The van der Waals surface area contributed by atoms with Gasteiger partial charge in [0.1, 0.15) is 0 Å². The Morgan fingerprint density at radius 2 is 1.83 bits per heavy atom. The average Bonchev–Trinajstić information content (AvgIpc) is 2.56. The van der Waals surface area contributed by atoms with Crippen LogP contribution in [0.25, 0.3) is 0 Å². The highest BCUT2D eigenvalue weighted by Gasteiger charge is 2.38. The second-order valence-electron chi connectivity index (χ2n) is 5.93. The van der Waals surface area contributed by atoms with Crippen molar-refractivity contribution in [2.24, 2.45) is 11.1 Å². The van der Waals surface area contributed by atoms with Crippen LogP contribution in [0.5, 0.6) is 0 Å². The van der Waals surface area contributed by atoms with Crippen molar-refractivity contribution >= 4 is 35.6 Å². The van der Waals surface area contributed by atoms with E-state index in [4.69, 9.17) is 10.5 Å². The number of rotatable bonds is 6. The van der Waals surface area contributed by atoms with E-state index >= 15 is 0 Å². The molecule has 2 amide bonds. The van der Waals surface area contributed by atoms with E-state index in [0.29, 0.717) is 50.4 Å². The molecule has 1 aromatic rings. The second-order valence-corrected chi connectivity index (χ2v) is 5.93. The highest BCUT2D eigenvalue weighted by Crippen LogP contribution is 2.31. The molecule has 6 nitrogen and oxygen atoms in total. The molecule has 1 aromatic carbocycles. The number of hydrogen-bond donors (Lipinski definition) is 3. The molecule has 1 heterocycles. The molecule has 0 saturated carbocycles. The Bertz CT molecular complexity index is 560. The normalized spacial score (nSPS) is 15.9. The quantitative estimate of drug-likeness (QED) is 0.731.